The van der Waals surface area contributed by atoms with Gasteiger partial charge in [0.05, 0.1) is 12.7 Å². The van der Waals surface area contributed by atoms with Gasteiger partial charge in [0.25, 0.3) is 15.9 Å². The number of nitrogens with one attached hydrogen (secondary N) is 1. The van der Waals surface area contributed by atoms with Gasteiger partial charge in [0.1, 0.15) is 5.75 Å². The summed E-state index contributed by atoms with van der Waals surface area (Å²) in [4.78, 5) is 4.21. The third-order valence-corrected chi connectivity index (χ3v) is 4.39. The van der Waals surface area contributed by atoms with E-state index in [1.807, 2.05) is 12.1 Å². The van der Waals surface area contributed by atoms with E-state index < -0.39 is 10.0 Å². The normalized spacial score (nSPS) is 11.6. The van der Waals surface area contributed by atoms with E-state index >= 15 is 0 Å². The Labute approximate surface area is 132 Å². The van der Waals surface area contributed by atoms with E-state index in [9.17, 15) is 8.42 Å². The number of ether oxygens (including phenoxy) is 1. The molecule has 3 rings (SSSR count). The van der Waals surface area contributed by atoms with Gasteiger partial charge < -0.3 is 13.7 Å². The van der Waals surface area contributed by atoms with Crippen molar-refractivity contribution in [3.05, 3.63) is 36.4 Å². The van der Waals surface area contributed by atoms with Crippen LogP contribution in [0.15, 0.2) is 50.4 Å². The number of hydrogen-bond acceptors (Lipinski definition) is 7. The Balaban J connectivity index is 1.97. The molecular weight excluding hydrogens is 322 g/mol. The fourth-order valence-electron chi connectivity index (χ4n) is 1.94. The molecule has 0 atom stereocenters. The molecule has 0 saturated carbocycles. The van der Waals surface area contributed by atoms with Gasteiger partial charge in [-0.15, -0.1) is 0 Å². The van der Waals surface area contributed by atoms with Crippen molar-refractivity contribution in [3.63, 3.8) is 0 Å². The first kappa shape index (κ1) is 15.3. The predicted molar refractivity (Wildman–Crippen MR) is 80.2 cm³/mol. The maximum Gasteiger partial charge on any atom is 0.294 e. The van der Waals surface area contributed by atoms with Gasteiger partial charge in [-0.2, -0.15) is 4.98 Å². The molecule has 3 aromatic rings. The van der Waals surface area contributed by atoms with Crippen LogP contribution in [0.5, 0.6) is 5.75 Å². The molecule has 0 aliphatic heterocycles. The molecule has 0 radical (unpaired) electrons. The predicted octanol–water partition coefficient (Wildman–Crippen LogP) is 1.91. The van der Waals surface area contributed by atoms with Crippen LogP contribution in [0.3, 0.4) is 0 Å². The minimum absolute atomic E-state index is 0.0726. The zero-order chi connectivity index (χ0) is 16.4. The highest BCUT2D eigenvalue weighted by Gasteiger charge is 2.21. The zero-order valence-electron chi connectivity index (χ0n) is 12.3. The molecule has 1 aromatic carbocycles. The minimum Gasteiger partial charge on any atom is -0.496 e. The maximum atomic E-state index is 11.7. The summed E-state index contributed by atoms with van der Waals surface area (Å²) in [6.07, 6.45) is 0. The Bertz CT molecular complexity index is 929. The quantitative estimate of drug-likeness (QED) is 0.759. The first-order valence-corrected chi connectivity index (χ1v) is 8.04. The molecule has 0 amide bonds. The second-order valence-corrected chi connectivity index (χ2v) is 6.27. The second-order valence-electron chi connectivity index (χ2n) is 4.45. The van der Waals surface area contributed by atoms with Gasteiger partial charge in [0, 0.05) is 0 Å². The number of hydrogen-bond donors (Lipinski definition) is 1. The molecule has 0 saturated heterocycles. The van der Waals surface area contributed by atoms with E-state index in [-0.39, 0.29) is 16.7 Å². The summed E-state index contributed by atoms with van der Waals surface area (Å²) in [5.74, 6) is 1.14. The van der Waals surface area contributed by atoms with E-state index in [4.69, 9.17) is 13.7 Å². The van der Waals surface area contributed by atoms with Crippen LogP contribution in [-0.2, 0) is 10.0 Å². The fraction of sp³-hybridized carbons (Fsp3) is 0.143. The number of methoxy groups -OCH3 is 1. The third kappa shape index (κ3) is 2.83. The Kier molecular flexibility index (Phi) is 3.89. The molecule has 0 bridgehead atoms. The summed E-state index contributed by atoms with van der Waals surface area (Å²) >= 11 is 0. The van der Waals surface area contributed by atoms with E-state index in [0.717, 1.165) is 0 Å². The van der Waals surface area contributed by atoms with Crippen molar-refractivity contribution in [2.24, 2.45) is 0 Å². The molecule has 0 aliphatic rings. The highest BCUT2D eigenvalue weighted by molar-refractivity contribution is 7.89. The van der Waals surface area contributed by atoms with Crippen molar-refractivity contribution in [2.75, 3.05) is 14.2 Å². The summed E-state index contributed by atoms with van der Waals surface area (Å²) < 4.78 is 41.1. The first-order valence-electron chi connectivity index (χ1n) is 6.56. The number of para-hydroxylation sites is 1. The molecule has 2 aromatic heterocycles. The molecule has 8 nitrogen and oxygen atoms in total. The second kappa shape index (κ2) is 5.86. The average molecular weight is 335 g/mol. The number of nitrogens with zero attached hydrogens (tertiary/aromatic N) is 2. The summed E-state index contributed by atoms with van der Waals surface area (Å²) in [6.45, 7) is 0. The SMILES string of the molecule is CNS(=O)(=O)c1ccc(-c2nc(-c3ccccc3OC)no2)o1. The highest BCUT2D eigenvalue weighted by atomic mass is 32.2. The van der Waals surface area contributed by atoms with Gasteiger partial charge in [-0.05, 0) is 31.3 Å². The lowest BCUT2D eigenvalue weighted by Gasteiger charge is -2.02. The molecule has 120 valence electrons. The van der Waals surface area contributed by atoms with E-state index in [1.165, 1.54) is 19.2 Å². The van der Waals surface area contributed by atoms with Crippen molar-refractivity contribution in [3.8, 4) is 28.8 Å². The first-order chi connectivity index (χ1) is 11.0. The largest absolute Gasteiger partial charge is 0.496 e. The maximum absolute atomic E-state index is 11.7. The number of benzene rings is 1. The van der Waals surface area contributed by atoms with Crippen molar-refractivity contribution in [1.29, 1.82) is 0 Å². The molecule has 0 spiro atoms. The summed E-state index contributed by atoms with van der Waals surface area (Å²) in [6, 6.07) is 9.96. The smallest absolute Gasteiger partial charge is 0.294 e. The number of rotatable bonds is 5. The van der Waals surface area contributed by atoms with Crippen molar-refractivity contribution >= 4 is 10.0 Å². The Morgan fingerprint density at radius 2 is 1.96 bits per heavy atom. The topological polar surface area (TPSA) is 107 Å². The lowest BCUT2D eigenvalue weighted by Crippen LogP contribution is -2.17. The van der Waals surface area contributed by atoms with Crippen molar-refractivity contribution in [2.45, 2.75) is 5.09 Å². The van der Waals surface area contributed by atoms with Crippen molar-refractivity contribution in [1.82, 2.24) is 14.9 Å². The number of furan rings is 1. The molecule has 0 unspecified atom stereocenters. The Morgan fingerprint density at radius 1 is 1.17 bits per heavy atom. The number of aromatic nitrogens is 2. The molecule has 23 heavy (non-hydrogen) atoms. The molecule has 9 heteroatoms. The Hall–Kier alpha value is -2.65. The van der Waals surface area contributed by atoms with Gasteiger partial charge in [-0.25, -0.2) is 13.1 Å². The molecule has 0 aliphatic carbocycles. The van der Waals surface area contributed by atoms with Crippen molar-refractivity contribution < 1.29 is 22.1 Å². The lowest BCUT2D eigenvalue weighted by molar-refractivity contribution is 0.397. The van der Waals surface area contributed by atoms with Gasteiger partial charge in [0.15, 0.2) is 5.76 Å². The highest BCUT2D eigenvalue weighted by Crippen LogP contribution is 2.30. The van der Waals surface area contributed by atoms with Gasteiger partial charge in [-0.3, -0.25) is 0 Å². The van der Waals surface area contributed by atoms with Crippen LogP contribution in [0.25, 0.3) is 23.0 Å². The Morgan fingerprint density at radius 3 is 2.70 bits per heavy atom. The lowest BCUT2D eigenvalue weighted by atomic mass is 10.2. The fourth-order valence-corrected chi connectivity index (χ4v) is 2.59. The van der Waals surface area contributed by atoms with Crippen LogP contribution in [0.4, 0.5) is 0 Å². The zero-order valence-corrected chi connectivity index (χ0v) is 13.1. The van der Waals surface area contributed by atoms with Crippen LogP contribution in [0, 0.1) is 0 Å². The van der Waals surface area contributed by atoms with Gasteiger partial charge in [0.2, 0.25) is 10.9 Å². The third-order valence-electron chi connectivity index (χ3n) is 3.10. The molecule has 0 fully saturated rings. The molecular formula is C14H13N3O5S. The van der Waals surface area contributed by atoms with Gasteiger partial charge >= 0.3 is 0 Å². The summed E-state index contributed by atoms with van der Waals surface area (Å²) in [5, 5.41) is 3.64. The van der Waals surface area contributed by atoms with Crippen LogP contribution >= 0.6 is 0 Å². The monoisotopic (exact) mass is 335 g/mol. The van der Waals surface area contributed by atoms with E-state index in [0.29, 0.717) is 17.1 Å². The summed E-state index contributed by atoms with van der Waals surface area (Å²) in [5.41, 5.74) is 0.652. The van der Waals surface area contributed by atoms with Crippen LogP contribution in [0.1, 0.15) is 0 Å². The molecule has 1 N–H and O–H groups in total. The van der Waals surface area contributed by atoms with Crippen LogP contribution in [-0.4, -0.2) is 32.7 Å². The van der Waals surface area contributed by atoms with E-state index in [2.05, 4.69) is 14.9 Å². The average Bonchev–Trinajstić information content (AvgIpc) is 3.24. The van der Waals surface area contributed by atoms with E-state index in [1.54, 1.807) is 19.2 Å². The standard InChI is InChI=1S/C14H13N3O5S/c1-15-23(18,19)12-8-7-11(21-12)14-16-13(17-22-14)9-5-3-4-6-10(9)20-2/h3-8,15H,1-2H3. The van der Waals surface area contributed by atoms with Crippen LogP contribution < -0.4 is 9.46 Å². The number of sulfonamides is 1. The van der Waals surface area contributed by atoms with Gasteiger partial charge in [-0.1, -0.05) is 17.3 Å². The minimum atomic E-state index is -3.67. The van der Waals surface area contributed by atoms with Crippen LogP contribution in [0.2, 0.25) is 0 Å². The summed E-state index contributed by atoms with van der Waals surface area (Å²) in [7, 11) is -0.829. The molecule has 2 heterocycles.